The van der Waals surface area contributed by atoms with Crippen LogP contribution in [0.2, 0.25) is 0 Å². The molecule has 3 nitrogen and oxygen atoms in total. The van der Waals surface area contributed by atoms with E-state index in [-0.39, 0.29) is 0 Å². The molecule has 14 heavy (non-hydrogen) atoms. The molecule has 3 heteroatoms. The Kier molecular flexibility index (Phi) is 3.98. The van der Waals surface area contributed by atoms with Gasteiger partial charge in [-0.2, -0.15) is 0 Å². The number of nitrogens with zero attached hydrogens (tertiary/aromatic N) is 1. The monoisotopic (exact) mass is 196 g/mol. The zero-order chi connectivity index (χ0) is 9.64. The summed E-state index contributed by atoms with van der Waals surface area (Å²) in [6.45, 7) is 7.40. The Labute approximate surface area is 86.1 Å². The van der Waals surface area contributed by atoms with Gasteiger partial charge < -0.3 is 10.1 Å². The van der Waals surface area contributed by atoms with E-state index in [0.717, 1.165) is 39.4 Å². The molecule has 2 aliphatic heterocycles. The van der Waals surface area contributed by atoms with Gasteiger partial charge in [-0.05, 0) is 19.4 Å². The first-order valence-electron chi connectivity index (χ1n) is 5.64. The van der Waals surface area contributed by atoms with Crippen molar-refractivity contribution in [1.29, 1.82) is 0 Å². The van der Waals surface area contributed by atoms with Crippen molar-refractivity contribution in [2.24, 2.45) is 0 Å². The topological polar surface area (TPSA) is 24.5 Å². The second-order valence-electron chi connectivity index (χ2n) is 4.06. The molecule has 0 aliphatic carbocycles. The van der Waals surface area contributed by atoms with Gasteiger partial charge in [-0.1, -0.05) is 11.6 Å². The lowest BCUT2D eigenvalue weighted by Crippen LogP contribution is -2.36. The van der Waals surface area contributed by atoms with Gasteiger partial charge in [0.05, 0.1) is 13.2 Å². The summed E-state index contributed by atoms with van der Waals surface area (Å²) in [6.07, 6.45) is 4.99. The maximum Gasteiger partial charge on any atom is 0.0594 e. The highest BCUT2D eigenvalue weighted by molar-refractivity contribution is 5.07. The van der Waals surface area contributed by atoms with Gasteiger partial charge in [-0.15, -0.1) is 0 Å². The Morgan fingerprint density at radius 3 is 2.93 bits per heavy atom. The molecule has 2 heterocycles. The number of morpholine rings is 1. The molecule has 0 aromatic rings. The smallest absolute Gasteiger partial charge is 0.0594 e. The summed E-state index contributed by atoms with van der Waals surface area (Å²) in [5.41, 5.74) is 1.59. The predicted molar refractivity (Wildman–Crippen MR) is 57.4 cm³/mol. The summed E-state index contributed by atoms with van der Waals surface area (Å²) in [7, 11) is 0. The van der Waals surface area contributed by atoms with E-state index in [2.05, 4.69) is 16.3 Å². The number of nitrogens with one attached hydrogen (secondary N) is 1. The van der Waals surface area contributed by atoms with Gasteiger partial charge in [0.2, 0.25) is 0 Å². The molecule has 0 saturated carbocycles. The molecular weight excluding hydrogens is 176 g/mol. The number of hydrogen-bond donors (Lipinski definition) is 1. The van der Waals surface area contributed by atoms with Crippen LogP contribution in [0.1, 0.15) is 12.8 Å². The van der Waals surface area contributed by atoms with Crippen LogP contribution in [0.25, 0.3) is 0 Å². The Hall–Kier alpha value is -0.380. The number of rotatable bonds is 2. The van der Waals surface area contributed by atoms with E-state index in [1.807, 2.05) is 0 Å². The van der Waals surface area contributed by atoms with Gasteiger partial charge >= 0.3 is 0 Å². The predicted octanol–water partition coefficient (Wildman–Crippen LogP) is 0.628. The third kappa shape index (κ3) is 3.08. The van der Waals surface area contributed by atoms with Gasteiger partial charge in [0.15, 0.2) is 0 Å². The maximum atomic E-state index is 5.32. The minimum atomic E-state index is 0.904. The largest absolute Gasteiger partial charge is 0.379 e. The van der Waals surface area contributed by atoms with Crippen molar-refractivity contribution >= 4 is 0 Å². The third-order valence-electron chi connectivity index (χ3n) is 2.95. The van der Waals surface area contributed by atoms with Crippen molar-refractivity contribution in [2.45, 2.75) is 12.8 Å². The van der Waals surface area contributed by atoms with E-state index >= 15 is 0 Å². The van der Waals surface area contributed by atoms with E-state index in [9.17, 15) is 0 Å². The molecule has 2 rings (SSSR count). The SMILES string of the molecule is C(/CN1CCOCC1)=C1/CCCNC1. The third-order valence-corrected chi connectivity index (χ3v) is 2.95. The Morgan fingerprint density at radius 2 is 2.21 bits per heavy atom. The lowest BCUT2D eigenvalue weighted by atomic mass is 10.1. The molecular formula is C11H20N2O. The van der Waals surface area contributed by atoms with Crippen LogP contribution in [-0.2, 0) is 4.74 Å². The molecule has 2 saturated heterocycles. The minimum absolute atomic E-state index is 0.904. The standard InChI is InChI=1S/C11H20N2O/c1-2-11(10-12-4-1)3-5-13-6-8-14-9-7-13/h3,12H,1-2,4-10H2/b11-3+. The lowest BCUT2D eigenvalue weighted by Gasteiger charge is -2.26. The quantitative estimate of drug-likeness (QED) is 0.656. The highest BCUT2D eigenvalue weighted by Crippen LogP contribution is 2.08. The normalized spacial score (nSPS) is 28.1. The molecule has 1 N–H and O–H groups in total. The molecule has 0 radical (unpaired) electrons. The minimum Gasteiger partial charge on any atom is -0.379 e. The zero-order valence-corrected chi connectivity index (χ0v) is 8.80. The molecule has 80 valence electrons. The van der Waals surface area contributed by atoms with Crippen LogP contribution in [0, 0.1) is 0 Å². The fraction of sp³-hybridized carbons (Fsp3) is 0.818. The summed E-state index contributed by atoms with van der Waals surface area (Å²) >= 11 is 0. The lowest BCUT2D eigenvalue weighted by molar-refractivity contribution is 0.0433. The Balaban J connectivity index is 1.73. The van der Waals surface area contributed by atoms with Crippen molar-refractivity contribution in [3.63, 3.8) is 0 Å². The summed E-state index contributed by atoms with van der Waals surface area (Å²) in [5, 5.41) is 3.41. The van der Waals surface area contributed by atoms with Crippen LogP contribution in [0.5, 0.6) is 0 Å². The molecule has 0 bridgehead atoms. The number of hydrogen-bond acceptors (Lipinski definition) is 3. The molecule has 0 aromatic carbocycles. The fourth-order valence-corrected chi connectivity index (χ4v) is 1.99. The van der Waals surface area contributed by atoms with Gasteiger partial charge in [-0.25, -0.2) is 0 Å². The van der Waals surface area contributed by atoms with Crippen molar-refractivity contribution in [3.05, 3.63) is 11.6 Å². The average molecular weight is 196 g/mol. The molecule has 0 aromatic heterocycles. The molecule has 0 amide bonds. The molecule has 0 unspecified atom stereocenters. The van der Waals surface area contributed by atoms with Crippen LogP contribution in [0.4, 0.5) is 0 Å². The van der Waals surface area contributed by atoms with E-state index < -0.39 is 0 Å². The summed E-state index contributed by atoms with van der Waals surface area (Å²) in [5.74, 6) is 0. The molecule has 0 spiro atoms. The van der Waals surface area contributed by atoms with Crippen LogP contribution in [0.3, 0.4) is 0 Å². The summed E-state index contributed by atoms with van der Waals surface area (Å²) < 4.78 is 5.32. The highest BCUT2D eigenvalue weighted by atomic mass is 16.5. The second-order valence-corrected chi connectivity index (χ2v) is 4.06. The zero-order valence-electron chi connectivity index (χ0n) is 8.80. The molecule has 2 fully saturated rings. The fourth-order valence-electron chi connectivity index (χ4n) is 1.99. The van der Waals surface area contributed by atoms with Gasteiger partial charge in [0.25, 0.3) is 0 Å². The second kappa shape index (κ2) is 5.49. The van der Waals surface area contributed by atoms with E-state index in [4.69, 9.17) is 4.74 Å². The van der Waals surface area contributed by atoms with E-state index in [0.29, 0.717) is 0 Å². The number of piperidine rings is 1. The van der Waals surface area contributed by atoms with Crippen molar-refractivity contribution in [1.82, 2.24) is 10.2 Å². The maximum absolute atomic E-state index is 5.32. The van der Waals surface area contributed by atoms with Crippen molar-refractivity contribution < 1.29 is 4.74 Å². The van der Waals surface area contributed by atoms with Crippen LogP contribution >= 0.6 is 0 Å². The van der Waals surface area contributed by atoms with Crippen molar-refractivity contribution in [3.8, 4) is 0 Å². The first-order chi connectivity index (χ1) is 6.95. The van der Waals surface area contributed by atoms with E-state index in [1.54, 1.807) is 5.57 Å². The summed E-state index contributed by atoms with van der Waals surface area (Å²) in [4.78, 5) is 2.46. The Morgan fingerprint density at radius 1 is 1.36 bits per heavy atom. The Bertz CT molecular complexity index is 189. The van der Waals surface area contributed by atoms with Gasteiger partial charge in [-0.3, -0.25) is 4.90 Å². The number of ether oxygens (including phenoxy) is 1. The molecule has 2 aliphatic rings. The highest BCUT2D eigenvalue weighted by Gasteiger charge is 2.09. The molecule has 0 atom stereocenters. The van der Waals surface area contributed by atoms with Gasteiger partial charge in [0, 0.05) is 26.2 Å². The van der Waals surface area contributed by atoms with Crippen LogP contribution < -0.4 is 5.32 Å². The summed E-state index contributed by atoms with van der Waals surface area (Å²) in [6, 6.07) is 0. The van der Waals surface area contributed by atoms with Crippen molar-refractivity contribution in [2.75, 3.05) is 45.9 Å². The van der Waals surface area contributed by atoms with Gasteiger partial charge in [0.1, 0.15) is 0 Å². The van der Waals surface area contributed by atoms with Crippen LogP contribution in [0.15, 0.2) is 11.6 Å². The van der Waals surface area contributed by atoms with E-state index in [1.165, 1.54) is 19.4 Å². The van der Waals surface area contributed by atoms with Crippen LogP contribution in [-0.4, -0.2) is 50.8 Å². The first kappa shape index (κ1) is 10.1. The average Bonchev–Trinajstić information content (AvgIpc) is 2.29. The first-order valence-corrected chi connectivity index (χ1v) is 5.64.